The summed E-state index contributed by atoms with van der Waals surface area (Å²) in [6.45, 7) is 6.71. The topological polar surface area (TPSA) is 172 Å². The molecule has 55 heavy (non-hydrogen) atoms. The number of rotatable bonds is 12. The summed E-state index contributed by atoms with van der Waals surface area (Å²) in [4.78, 5) is 25.6. The van der Waals surface area contributed by atoms with Crippen molar-refractivity contribution in [2.45, 2.75) is 77.8 Å². The Labute approximate surface area is 320 Å². The second-order valence-electron chi connectivity index (χ2n) is 14.4. The number of benzene rings is 4. The normalized spacial score (nSPS) is 15.0. The van der Waals surface area contributed by atoms with Crippen molar-refractivity contribution in [1.82, 2.24) is 0 Å². The zero-order chi connectivity index (χ0) is 40.1. The molecule has 11 heteroatoms. The lowest BCUT2D eigenvalue weighted by atomic mass is 9.94. The predicted molar refractivity (Wildman–Crippen MR) is 207 cm³/mol. The smallest absolute Gasteiger partial charge is 0.195 e. The zero-order valence-corrected chi connectivity index (χ0v) is 31.9. The Balaban J connectivity index is 0.000000211. The molecule has 0 bridgehead atoms. The molecule has 0 aromatic heterocycles. The minimum Gasteiger partial charge on any atom is -0.496 e. The summed E-state index contributed by atoms with van der Waals surface area (Å²) < 4.78 is 22.3. The standard InChI is InChI=1S/C22H24O6.C22H24O5/c1-22(2)7-6-13-8-14(4-5-18(13)28-22)20(25)21(26)15-9-16(11-23)17(12-24)19(10-15)27-3;1-22(2)7-6-16-11-15(4-5-20(16)27-22)19(25)9-14-8-17(12-23)18(13-24)21(10-14)26-3/h4-10,21,23-24,26H,11-12H2,1-3H3;4-8,10-11,23-24H,9,12-13H2,1-3H3. The first-order valence-electron chi connectivity index (χ1n) is 17.8. The maximum Gasteiger partial charge on any atom is 0.195 e. The number of hydrogen-bond acceptors (Lipinski definition) is 11. The molecule has 0 aliphatic carbocycles. The molecule has 1 atom stereocenters. The first-order chi connectivity index (χ1) is 26.2. The van der Waals surface area contributed by atoms with Gasteiger partial charge in [-0.2, -0.15) is 0 Å². The maximum atomic E-state index is 12.8. The molecule has 4 aromatic carbocycles. The second kappa shape index (κ2) is 17.0. The number of ketones is 2. The van der Waals surface area contributed by atoms with Crippen LogP contribution in [-0.2, 0) is 32.8 Å². The molecule has 5 N–H and O–H groups in total. The van der Waals surface area contributed by atoms with E-state index in [1.165, 1.54) is 26.4 Å². The lowest BCUT2D eigenvalue weighted by Gasteiger charge is -2.28. The van der Waals surface area contributed by atoms with E-state index in [1.54, 1.807) is 36.4 Å². The quantitative estimate of drug-likeness (QED) is 0.106. The van der Waals surface area contributed by atoms with Crippen LogP contribution in [0.15, 0.2) is 72.8 Å². The van der Waals surface area contributed by atoms with Crippen molar-refractivity contribution in [3.63, 3.8) is 0 Å². The summed E-state index contributed by atoms with van der Waals surface area (Å²) in [5.41, 5.74) is 4.74. The van der Waals surface area contributed by atoms with Crippen molar-refractivity contribution in [3.05, 3.63) is 128 Å². The van der Waals surface area contributed by atoms with Gasteiger partial charge >= 0.3 is 0 Å². The van der Waals surface area contributed by atoms with Crippen LogP contribution in [-0.4, -0.2) is 62.5 Å². The highest BCUT2D eigenvalue weighted by atomic mass is 16.5. The van der Waals surface area contributed by atoms with Gasteiger partial charge in [-0.1, -0.05) is 18.2 Å². The number of carbonyl (C=O) groups is 2. The van der Waals surface area contributed by atoms with Gasteiger partial charge in [0.1, 0.15) is 40.3 Å². The number of aliphatic hydroxyl groups is 5. The molecule has 11 nitrogen and oxygen atoms in total. The van der Waals surface area contributed by atoms with Crippen molar-refractivity contribution >= 4 is 23.7 Å². The SMILES string of the molecule is COc1cc(C(O)C(=O)c2ccc3c(c2)C=CC(C)(C)O3)cc(CO)c1CO.COc1cc(CC(=O)c2ccc3c(c2)C=CC(C)(C)O3)cc(CO)c1CO. The largest absolute Gasteiger partial charge is 0.496 e. The highest BCUT2D eigenvalue weighted by Gasteiger charge is 2.26. The van der Waals surface area contributed by atoms with Crippen molar-refractivity contribution in [3.8, 4) is 23.0 Å². The Morgan fingerprint density at radius 2 is 1.15 bits per heavy atom. The Hall–Kier alpha value is -5.30. The van der Waals surface area contributed by atoms with Gasteiger partial charge in [0.15, 0.2) is 11.6 Å². The molecule has 6 rings (SSSR count). The lowest BCUT2D eigenvalue weighted by molar-refractivity contribution is 0.0746. The predicted octanol–water partition coefficient (Wildman–Crippen LogP) is 6.07. The monoisotopic (exact) mass is 752 g/mol. The Bertz CT molecular complexity index is 2080. The molecular formula is C44H48O11. The number of aliphatic hydroxyl groups excluding tert-OH is 5. The molecule has 2 heterocycles. The molecule has 2 aliphatic rings. The summed E-state index contributed by atoms with van der Waals surface area (Å²) >= 11 is 0. The van der Waals surface area contributed by atoms with Gasteiger partial charge in [-0.3, -0.25) is 9.59 Å². The zero-order valence-electron chi connectivity index (χ0n) is 31.9. The molecular weight excluding hydrogens is 704 g/mol. The van der Waals surface area contributed by atoms with Crippen LogP contribution in [0.5, 0.6) is 23.0 Å². The van der Waals surface area contributed by atoms with E-state index in [0.29, 0.717) is 50.6 Å². The van der Waals surface area contributed by atoms with Crippen molar-refractivity contribution < 1.29 is 54.1 Å². The van der Waals surface area contributed by atoms with Crippen LogP contribution in [0, 0.1) is 0 Å². The van der Waals surface area contributed by atoms with E-state index < -0.39 is 17.5 Å². The average molecular weight is 753 g/mol. The summed E-state index contributed by atoms with van der Waals surface area (Å²) in [6.07, 6.45) is 6.48. The third kappa shape index (κ3) is 9.33. The molecule has 2 aliphatic heterocycles. The third-order valence-corrected chi connectivity index (χ3v) is 9.41. The van der Waals surface area contributed by atoms with Crippen LogP contribution in [0.1, 0.15) is 99.0 Å². The van der Waals surface area contributed by atoms with Crippen LogP contribution >= 0.6 is 0 Å². The minimum absolute atomic E-state index is 0.0428. The molecule has 0 saturated heterocycles. The minimum atomic E-state index is -1.44. The van der Waals surface area contributed by atoms with Crippen molar-refractivity contribution in [2.24, 2.45) is 0 Å². The van der Waals surface area contributed by atoms with Crippen LogP contribution in [0.25, 0.3) is 12.2 Å². The van der Waals surface area contributed by atoms with Gasteiger partial charge in [0.2, 0.25) is 0 Å². The van der Waals surface area contributed by atoms with E-state index in [1.807, 2.05) is 64.1 Å². The molecule has 290 valence electrons. The third-order valence-electron chi connectivity index (χ3n) is 9.41. The summed E-state index contributed by atoms with van der Waals surface area (Å²) in [7, 11) is 2.92. The molecule has 0 amide bonds. The van der Waals surface area contributed by atoms with Gasteiger partial charge in [0, 0.05) is 39.8 Å². The number of carbonyl (C=O) groups excluding carboxylic acids is 2. The first kappa shape index (κ1) is 40.9. The van der Waals surface area contributed by atoms with E-state index in [-0.39, 0.29) is 49.8 Å². The second-order valence-corrected chi connectivity index (χ2v) is 14.4. The van der Waals surface area contributed by atoms with Crippen LogP contribution in [0.4, 0.5) is 0 Å². The number of methoxy groups -OCH3 is 2. The number of Topliss-reactive ketones (excluding diaryl/α,β-unsaturated/α-hetero) is 2. The summed E-state index contributed by atoms with van der Waals surface area (Å²) in [6, 6.07) is 16.9. The molecule has 4 aromatic rings. The van der Waals surface area contributed by atoms with Gasteiger partial charge < -0.3 is 44.5 Å². The van der Waals surface area contributed by atoms with Gasteiger partial charge in [-0.15, -0.1) is 0 Å². The van der Waals surface area contributed by atoms with Crippen molar-refractivity contribution in [2.75, 3.05) is 14.2 Å². The Morgan fingerprint density at radius 1 is 0.655 bits per heavy atom. The molecule has 0 radical (unpaired) electrons. The molecule has 0 spiro atoms. The highest BCUT2D eigenvalue weighted by molar-refractivity contribution is 6.01. The van der Waals surface area contributed by atoms with Gasteiger partial charge in [-0.25, -0.2) is 0 Å². The Kier molecular flexibility index (Phi) is 12.6. The van der Waals surface area contributed by atoms with Gasteiger partial charge in [0.25, 0.3) is 0 Å². The number of fused-ring (bicyclic) bond motifs is 2. The van der Waals surface area contributed by atoms with E-state index in [0.717, 1.165) is 22.4 Å². The fourth-order valence-corrected chi connectivity index (χ4v) is 6.44. The maximum absolute atomic E-state index is 12.8. The van der Waals surface area contributed by atoms with Crippen molar-refractivity contribution in [1.29, 1.82) is 0 Å². The summed E-state index contributed by atoms with van der Waals surface area (Å²) in [5, 5.41) is 48.7. The Morgan fingerprint density at radius 3 is 1.65 bits per heavy atom. The molecule has 1 unspecified atom stereocenters. The van der Waals surface area contributed by atoms with Crippen LogP contribution < -0.4 is 18.9 Å². The number of hydrogen-bond donors (Lipinski definition) is 5. The van der Waals surface area contributed by atoms with E-state index in [2.05, 4.69) is 0 Å². The van der Waals surface area contributed by atoms with Gasteiger partial charge in [0.05, 0.1) is 40.6 Å². The highest BCUT2D eigenvalue weighted by Crippen LogP contribution is 2.35. The van der Waals surface area contributed by atoms with E-state index >= 15 is 0 Å². The molecule has 0 saturated carbocycles. The fourth-order valence-electron chi connectivity index (χ4n) is 6.44. The lowest BCUT2D eigenvalue weighted by Crippen LogP contribution is -2.27. The number of ether oxygens (including phenoxy) is 4. The van der Waals surface area contributed by atoms with Gasteiger partial charge in [-0.05, 0) is 117 Å². The molecule has 0 fully saturated rings. The van der Waals surface area contributed by atoms with Crippen LogP contribution in [0.3, 0.4) is 0 Å². The fraction of sp³-hybridized carbons (Fsp3) is 0.318. The summed E-state index contributed by atoms with van der Waals surface area (Å²) in [5.74, 6) is 1.68. The van der Waals surface area contributed by atoms with E-state index in [4.69, 9.17) is 18.9 Å². The van der Waals surface area contributed by atoms with Crippen LogP contribution in [0.2, 0.25) is 0 Å². The first-order valence-corrected chi connectivity index (χ1v) is 17.8. The van der Waals surface area contributed by atoms with E-state index in [9.17, 15) is 35.1 Å². The average Bonchev–Trinajstić information content (AvgIpc) is 3.18.